The van der Waals surface area contributed by atoms with Gasteiger partial charge in [-0.05, 0) is 17.5 Å². The van der Waals surface area contributed by atoms with Crippen molar-refractivity contribution in [2.45, 2.75) is 13.8 Å². The van der Waals surface area contributed by atoms with E-state index in [0.29, 0.717) is 5.92 Å². The van der Waals surface area contributed by atoms with Gasteiger partial charge in [0.05, 0.1) is 18.8 Å². The first-order valence-electron chi connectivity index (χ1n) is 5.43. The van der Waals surface area contributed by atoms with Crippen molar-refractivity contribution in [2.24, 2.45) is 5.92 Å². The quantitative estimate of drug-likeness (QED) is 0.748. The van der Waals surface area contributed by atoms with Crippen molar-refractivity contribution in [1.29, 1.82) is 0 Å². The third-order valence-corrected chi connectivity index (χ3v) is 2.34. The van der Waals surface area contributed by atoms with E-state index >= 15 is 0 Å². The van der Waals surface area contributed by atoms with Crippen LogP contribution in [0.15, 0.2) is 30.3 Å². The number of para-hydroxylation sites is 1. The van der Waals surface area contributed by atoms with E-state index in [1.54, 1.807) is 0 Å². The average Bonchev–Trinajstić information content (AvgIpc) is 2.26. The lowest BCUT2D eigenvalue weighted by Crippen LogP contribution is -2.27. The van der Waals surface area contributed by atoms with E-state index < -0.39 is 0 Å². The molecule has 0 amide bonds. The summed E-state index contributed by atoms with van der Waals surface area (Å²) in [5.74, 6) is 0.558. The van der Waals surface area contributed by atoms with Crippen LogP contribution < -0.4 is 5.06 Å². The van der Waals surface area contributed by atoms with Crippen LogP contribution in [-0.4, -0.2) is 13.2 Å². The topological polar surface area (TPSA) is 12.5 Å². The molecule has 0 unspecified atom stereocenters. The van der Waals surface area contributed by atoms with Crippen LogP contribution in [0.25, 0.3) is 6.08 Å². The Hall–Kier alpha value is -1.28. The standard InChI is InChI=1S/C13H17NO/c1-11(2)10-15-14-9-5-7-12-6-3-4-8-13(12)14/h3-8,11H,9-10H2,1-2H3. The fourth-order valence-electron chi connectivity index (χ4n) is 1.59. The van der Waals surface area contributed by atoms with Gasteiger partial charge in [-0.3, -0.25) is 4.84 Å². The van der Waals surface area contributed by atoms with Gasteiger partial charge in [0.2, 0.25) is 0 Å². The highest BCUT2D eigenvalue weighted by molar-refractivity contribution is 5.69. The SMILES string of the molecule is CC(C)CON1CC=Cc2ccccc21. The average molecular weight is 203 g/mol. The van der Waals surface area contributed by atoms with Gasteiger partial charge in [-0.1, -0.05) is 44.2 Å². The van der Waals surface area contributed by atoms with Crippen LogP contribution in [0.3, 0.4) is 0 Å². The van der Waals surface area contributed by atoms with Crippen molar-refractivity contribution in [2.75, 3.05) is 18.2 Å². The van der Waals surface area contributed by atoms with Crippen LogP contribution >= 0.6 is 0 Å². The lowest BCUT2D eigenvalue weighted by atomic mass is 10.1. The second-order valence-electron chi connectivity index (χ2n) is 4.21. The van der Waals surface area contributed by atoms with Gasteiger partial charge in [0, 0.05) is 0 Å². The minimum atomic E-state index is 0.558. The second kappa shape index (κ2) is 4.49. The lowest BCUT2D eigenvalue weighted by Gasteiger charge is -2.27. The maximum atomic E-state index is 5.75. The van der Waals surface area contributed by atoms with E-state index in [-0.39, 0.29) is 0 Å². The number of anilines is 1. The summed E-state index contributed by atoms with van der Waals surface area (Å²) < 4.78 is 0. The molecule has 0 aromatic heterocycles. The predicted molar refractivity (Wildman–Crippen MR) is 63.6 cm³/mol. The van der Waals surface area contributed by atoms with Crippen molar-refractivity contribution in [3.8, 4) is 0 Å². The van der Waals surface area contributed by atoms with Crippen molar-refractivity contribution in [3.05, 3.63) is 35.9 Å². The van der Waals surface area contributed by atoms with Crippen molar-refractivity contribution >= 4 is 11.8 Å². The number of fused-ring (bicyclic) bond motifs is 1. The van der Waals surface area contributed by atoms with E-state index in [9.17, 15) is 0 Å². The van der Waals surface area contributed by atoms with Gasteiger partial charge in [0.25, 0.3) is 0 Å². The normalized spacial score (nSPS) is 14.5. The van der Waals surface area contributed by atoms with Gasteiger partial charge in [-0.2, -0.15) is 0 Å². The van der Waals surface area contributed by atoms with Crippen LogP contribution in [0.4, 0.5) is 5.69 Å². The molecular weight excluding hydrogens is 186 g/mol. The summed E-state index contributed by atoms with van der Waals surface area (Å²) >= 11 is 0. The first-order chi connectivity index (χ1) is 7.27. The molecule has 15 heavy (non-hydrogen) atoms. The summed E-state index contributed by atoms with van der Waals surface area (Å²) in [4.78, 5) is 5.75. The molecular formula is C13H17NO. The highest BCUT2D eigenvalue weighted by Gasteiger charge is 2.12. The Morgan fingerprint density at radius 3 is 2.93 bits per heavy atom. The van der Waals surface area contributed by atoms with Gasteiger partial charge in [0.1, 0.15) is 0 Å². The van der Waals surface area contributed by atoms with E-state index in [1.807, 2.05) is 11.1 Å². The maximum absolute atomic E-state index is 5.75. The molecule has 1 aromatic rings. The molecule has 1 aliphatic rings. The Morgan fingerprint density at radius 1 is 1.33 bits per heavy atom. The molecule has 2 rings (SSSR count). The fraction of sp³-hybridized carbons (Fsp3) is 0.385. The van der Waals surface area contributed by atoms with Crippen molar-refractivity contribution < 1.29 is 4.84 Å². The molecule has 0 saturated carbocycles. The van der Waals surface area contributed by atoms with Crippen LogP contribution in [-0.2, 0) is 4.84 Å². The van der Waals surface area contributed by atoms with Crippen molar-refractivity contribution in [1.82, 2.24) is 0 Å². The second-order valence-corrected chi connectivity index (χ2v) is 4.21. The molecule has 0 bridgehead atoms. The third kappa shape index (κ3) is 2.39. The van der Waals surface area contributed by atoms with Gasteiger partial charge >= 0.3 is 0 Å². The predicted octanol–water partition coefficient (Wildman–Crippen LogP) is 3.11. The minimum absolute atomic E-state index is 0.558. The summed E-state index contributed by atoms with van der Waals surface area (Å²) in [5, 5.41) is 1.97. The third-order valence-electron chi connectivity index (χ3n) is 2.34. The largest absolute Gasteiger partial charge is 0.273 e. The van der Waals surface area contributed by atoms with E-state index in [4.69, 9.17) is 4.84 Å². The highest BCUT2D eigenvalue weighted by atomic mass is 16.7. The zero-order chi connectivity index (χ0) is 10.7. The minimum Gasteiger partial charge on any atom is -0.273 e. The Bertz CT molecular complexity index is 357. The molecule has 1 aliphatic heterocycles. The van der Waals surface area contributed by atoms with E-state index in [1.165, 1.54) is 11.3 Å². The molecule has 2 nitrogen and oxygen atoms in total. The molecule has 0 fully saturated rings. The Kier molecular flexibility index (Phi) is 3.07. The van der Waals surface area contributed by atoms with Crippen molar-refractivity contribution in [3.63, 3.8) is 0 Å². The van der Waals surface area contributed by atoms with Gasteiger partial charge in [-0.25, -0.2) is 5.06 Å². The molecule has 1 heterocycles. The molecule has 0 saturated heterocycles. The van der Waals surface area contributed by atoms with Crippen LogP contribution in [0.1, 0.15) is 19.4 Å². The molecule has 0 radical (unpaired) electrons. The van der Waals surface area contributed by atoms with E-state index in [0.717, 1.165) is 13.2 Å². The van der Waals surface area contributed by atoms with E-state index in [2.05, 4.69) is 44.2 Å². The number of nitrogens with zero attached hydrogens (tertiary/aromatic N) is 1. The molecule has 1 aromatic carbocycles. The number of hydroxylamine groups is 1. The zero-order valence-corrected chi connectivity index (χ0v) is 9.31. The summed E-state index contributed by atoms with van der Waals surface area (Å²) in [6, 6.07) is 8.30. The number of benzene rings is 1. The summed E-state index contributed by atoms with van der Waals surface area (Å²) in [6.07, 6.45) is 4.27. The summed E-state index contributed by atoms with van der Waals surface area (Å²) in [7, 11) is 0. The monoisotopic (exact) mass is 203 g/mol. The summed E-state index contributed by atoms with van der Waals surface area (Å²) in [5.41, 5.74) is 2.40. The molecule has 0 aliphatic carbocycles. The van der Waals surface area contributed by atoms with Crippen LogP contribution in [0.5, 0.6) is 0 Å². The zero-order valence-electron chi connectivity index (χ0n) is 9.31. The molecule has 2 heteroatoms. The van der Waals surface area contributed by atoms with Gasteiger partial charge in [0.15, 0.2) is 0 Å². The number of hydrogen-bond acceptors (Lipinski definition) is 2. The first-order valence-corrected chi connectivity index (χ1v) is 5.43. The fourth-order valence-corrected chi connectivity index (χ4v) is 1.59. The highest BCUT2D eigenvalue weighted by Crippen LogP contribution is 2.25. The lowest BCUT2D eigenvalue weighted by molar-refractivity contribution is 0.0909. The molecule has 0 atom stereocenters. The Balaban J connectivity index is 2.12. The number of hydrogen-bond donors (Lipinski definition) is 0. The number of rotatable bonds is 3. The molecule has 0 N–H and O–H groups in total. The van der Waals surface area contributed by atoms with Gasteiger partial charge in [-0.15, -0.1) is 0 Å². The summed E-state index contributed by atoms with van der Waals surface area (Å²) in [6.45, 7) is 5.92. The maximum Gasteiger partial charge on any atom is 0.0771 e. The Morgan fingerprint density at radius 2 is 2.13 bits per heavy atom. The Labute approximate surface area is 91.1 Å². The molecule has 0 spiro atoms. The van der Waals surface area contributed by atoms with Crippen LogP contribution in [0, 0.1) is 5.92 Å². The van der Waals surface area contributed by atoms with Gasteiger partial charge < -0.3 is 0 Å². The molecule has 80 valence electrons. The first kappa shape index (κ1) is 10.2. The smallest absolute Gasteiger partial charge is 0.0771 e. The van der Waals surface area contributed by atoms with Crippen LogP contribution in [0.2, 0.25) is 0 Å².